The van der Waals surface area contributed by atoms with Crippen LogP contribution in [0.2, 0.25) is 0 Å². The Labute approximate surface area is 62.0 Å². The van der Waals surface area contributed by atoms with E-state index in [0.29, 0.717) is 0 Å². The molecule has 0 aliphatic heterocycles. The molecule has 0 saturated heterocycles. The number of hydrogen-bond donors (Lipinski definition) is 1. The number of carbonyl (C=O) groups is 1. The highest BCUT2D eigenvalue weighted by atomic mass is 35.5. The minimum atomic E-state index is -4.72. The average Bonchev–Trinajstić information content (AvgIpc) is 1.62. The van der Waals surface area contributed by atoms with Crippen molar-refractivity contribution in [3.63, 3.8) is 0 Å². The molecular formula is C4H7ClF3NO. The largest absolute Gasteiger partial charge is 1.00 e. The molecule has 0 spiro atoms. The van der Waals surface area contributed by atoms with Gasteiger partial charge in [0.25, 0.3) is 5.78 Å². The van der Waals surface area contributed by atoms with Gasteiger partial charge in [0.1, 0.15) is 0 Å². The number of rotatable bonds is 1. The number of hydrogen-bond acceptors (Lipinski definition) is 1. The molecule has 6 heteroatoms. The van der Waals surface area contributed by atoms with Crippen molar-refractivity contribution in [2.75, 3.05) is 0 Å². The third-order valence-electron chi connectivity index (χ3n) is 0.727. The van der Waals surface area contributed by atoms with E-state index >= 15 is 0 Å². The summed E-state index contributed by atoms with van der Waals surface area (Å²) in [4.78, 5) is 9.98. The SMILES string of the molecule is C[C@H]([NH3+])C(=O)C(F)(F)F.[Cl-]. The molecule has 0 saturated carbocycles. The molecule has 0 aliphatic carbocycles. The van der Waals surface area contributed by atoms with Gasteiger partial charge in [0, 0.05) is 0 Å². The lowest BCUT2D eigenvalue weighted by Gasteiger charge is -2.03. The van der Waals surface area contributed by atoms with Crippen molar-refractivity contribution >= 4 is 5.78 Å². The van der Waals surface area contributed by atoms with Gasteiger partial charge >= 0.3 is 6.18 Å². The predicted octanol–water partition coefficient (Wildman–Crippen LogP) is -3.25. The molecule has 0 rings (SSSR count). The number of quaternary nitrogens is 1. The molecule has 0 aromatic heterocycles. The van der Waals surface area contributed by atoms with E-state index in [2.05, 4.69) is 5.73 Å². The zero-order chi connectivity index (χ0) is 7.65. The van der Waals surface area contributed by atoms with Crippen LogP contribution in [0.3, 0.4) is 0 Å². The van der Waals surface area contributed by atoms with Crippen LogP contribution in [0.5, 0.6) is 0 Å². The fourth-order valence-electron chi connectivity index (χ4n) is 0.279. The van der Waals surface area contributed by atoms with Crippen molar-refractivity contribution in [3.8, 4) is 0 Å². The Balaban J connectivity index is 0. The first-order valence-corrected chi connectivity index (χ1v) is 2.30. The van der Waals surface area contributed by atoms with E-state index in [4.69, 9.17) is 0 Å². The molecule has 0 aliphatic rings. The predicted molar refractivity (Wildman–Crippen MR) is 23.4 cm³/mol. The topological polar surface area (TPSA) is 44.7 Å². The van der Waals surface area contributed by atoms with Gasteiger partial charge < -0.3 is 18.1 Å². The summed E-state index contributed by atoms with van der Waals surface area (Å²) >= 11 is 0. The summed E-state index contributed by atoms with van der Waals surface area (Å²) in [5.41, 5.74) is 2.94. The van der Waals surface area contributed by atoms with Crippen LogP contribution in [-0.4, -0.2) is 18.0 Å². The summed E-state index contributed by atoms with van der Waals surface area (Å²) in [6.45, 7) is 1.11. The van der Waals surface area contributed by atoms with E-state index in [1.165, 1.54) is 0 Å². The van der Waals surface area contributed by atoms with Crippen LogP contribution in [0.4, 0.5) is 13.2 Å². The number of Topliss-reactive ketones (excluding diaryl/α,β-unsaturated/α-hetero) is 1. The molecule has 0 fully saturated rings. The van der Waals surface area contributed by atoms with Gasteiger partial charge in [-0.3, -0.25) is 4.79 Å². The third kappa shape index (κ3) is 3.68. The van der Waals surface area contributed by atoms with Crippen molar-refractivity contribution < 1.29 is 36.1 Å². The quantitative estimate of drug-likeness (QED) is 0.450. The fraction of sp³-hybridized carbons (Fsp3) is 0.750. The summed E-state index contributed by atoms with van der Waals surface area (Å²) in [6.07, 6.45) is -4.72. The second kappa shape index (κ2) is 3.78. The van der Waals surface area contributed by atoms with E-state index in [0.717, 1.165) is 6.92 Å². The van der Waals surface area contributed by atoms with Gasteiger partial charge in [-0.1, -0.05) is 0 Å². The zero-order valence-electron chi connectivity index (χ0n) is 5.20. The van der Waals surface area contributed by atoms with Gasteiger partial charge in [0.15, 0.2) is 6.04 Å². The van der Waals surface area contributed by atoms with Gasteiger partial charge in [0.05, 0.1) is 0 Å². The van der Waals surface area contributed by atoms with Gasteiger partial charge in [-0.25, -0.2) is 0 Å². The smallest absolute Gasteiger partial charge is 0.456 e. The molecule has 1 atom stereocenters. The summed E-state index contributed by atoms with van der Waals surface area (Å²) in [7, 11) is 0. The molecule has 0 aromatic carbocycles. The van der Waals surface area contributed by atoms with Gasteiger partial charge in [-0.15, -0.1) is 0 Å². The number of carbonyl (C=O) groups excluding carboxylic acids is 1. The molecule has 0 heterocycles. The molecule has 10 heavy (non-hydrogen) atoms. The zero-order valence-corrected chi connectivity index (χ0v) is 5.96. The molecule has 2 nitrogen and oxygen atoms in total. The molecule has 0 aromatic rings. The second-order valence-corrected chi connectivity index (χ2v) is 1.76. The minimum Gasteiger partial charge on any atom is -1.00 e. The molecule has 0 bridgehead atoms. The maximum Gasteiger partial charge on any atom is 0.456 e. The van der Waals surface area contributed by atoms with Crippen molar-refractivity contribution in [1.29, 1.82) is 0 Å². The Kier molecular flexibility index (Phi) is 4.68. The Hall–Kier alpha value is -0.290. The number of alkyl halides is 3. The first kappa shape index (κ1) is 12.4. The highest BCUT2D eigenvalue weighted by molar-refractivity contribution is 5.87. The van der Waals surface area contributed by atoms with E-state index in [-0.39, 0.29) is 12.4 Å². The minimum absolute atomic E-state index is 0. The number of ketones is 1. The van der Waals surface area contributed by atoms with Crippen LogP contribution < -0.4 is 18.1 Å². The van der Waals surface area contributed by atoms with E-state index < -0.39 is 18.0 Å². The molecule has 0 amide bonds. The maximum absolute atomic E-state index is 11.3. The normalized spacial score (nSPS) is 13.7. The Morgan fingerprint density at radius 3 is 1.80 bits per heavy atom. The van der Waals surface area contributed by atoms with Crippen LogP contribution >= 0.6 is 0 Å². The molecular weight excluding hydrogens is 170 g/mol. The fourth-order valence-corrected chi connectivity index (χ4v) is 0.279. The summed E-state index contributed by atoms with van der Waals surface area (Å²) < 4.78 is 33.9. The van der Waals surface area contributed by atoms with Gasteiger partial charge in [-0.05, 0) is 6.92 Å². The Morgan fingerprint density at radius 2 is 1.80 bits per heavy atom. The van der Waals surface area contributed by atoms with Crippen LogP contribution in [0, 0.1) is 0 Å². The lowest BCUT2D eigenvalue weighted by Crippen LogP contribution is -3.00. The highest BCUT2D eigenvalue weighted by Crippen LogP contribution is 2.16. The van der Waals surface area contributed by atoms with E-state index in [1.54, 1.807) is 0 Å². The summed E-state index contributed by atoms with van der Waals surface area (Å²) in [6, 6.07) is -1.20. The van der Waals surface area contributed by atoms with Gasteiger partial charge in [0.2, 0.25) is 0 Å². The highest BCUT2D eigenvalue weighted by Gasteiger charge is 2.42. The average molecular weight is 178 g/mol. The van der Waals surface area contributed by atoms with E-state index in [1.807, 2.05) is 0 Å². The molecule has 3 N–H and O–H groups in total. The first-order valence-electron chi connectivity index (χ1n) is 2.30. The summed E-state index contributed by atoms with van der Waals surface area (Å²) in [5.74, 6) is -1.78. The van der Waals surface area contributed by atoms with Crippen LogP contribution in [0.15, 0.2) is 0 Å². The second-order valence-electron chi connectivity index (χ2n) is 1.76. The third-order valence-corrected chi connectivity index (χ3v) is 0.727. The monoisotopic (exact) mass is 177 g/mol. The van der Waals surface area contributed by atoms with Crippen LogP contribution in [-0.2, 0) is 4.79 Å². The van der Waals surface area contributed by atoms with Crippen LogP contribution in [0.25, 0.3) is 0 Å². The standard InChI is InChI=1S/C4H6F3NO.ClH/c1-2(8)3(9)4(5,6)7;/h2H,8H2,1H3;1H/t2-;/m0./s1. The van der Waals surface area contributed by atoms with Crippen molar-refractivity contribution in [1.82, 2.24) is 0 Å². The molecule has 62 valence electrons. The lowest BCUT2D eigenvalue weighted by atomic mass is 10.2. The maximum atomic E-state index is 11.3. The Bertz CT molecular complexity index is 122. The van der Waals surface area contributed by atoms with Gasteiger partial charge in [-0.2, -0.15) is 13.2 Å². The van der Waals surface area contributed by atoms with Crippen LogP contribution in [0.1, 0.15) is 6.92 Å². The first-order chi connectivity index (χ1) is 3.85. The van der Waals surface area contributed by atoms with Crippen molar-refractivity contribution in [2.24, 2.45) is 0 Å². The lowest BCUT2D eigenvalue weighted by molar-refractivity contribution is -0.402. The number of halogens is 4. The molecule has 0 radical (unpaired) electrons. The molecule has 0 unspecified atom stereocenters. The van der Waals surface area contributed by atoms with Crippen molar-refractivity contribution in [2.45, 2.75) is 19.1 Å². The van der Waals surface area contributed by atoms with E-state index in [9.17, 15) is 18.0 Å². The Morgan fingerprint density at radius 1 is 1.50 bits per heavy atom. The summed E-state index contributed by atoms with van der Waals surface area (Å²) in [5, 5.41) is 0. The van der Waals surface area contributed by atoms with Crippen molar-refractivity contribution in [3.05, 3.63) is 0 Å².